The number of aliphatic hydroxyl groups excluding tert-OH is 1. The molecule has 216 valence electrons. The highest BCUT2D eigenvalue weighted by atomic mass is 35.5. The van der Waals surface area contributed by atoms with Crippen molar-refractivity contribution in [1.82, 2.24) is 35.5 Å². The van der Waals surface area contributed by atoms with E-state index in [4.69, 9.17) is 16.3 Å². The van der Waals surface area contributed by atoms with E-state index in [9.17, 15) is 15.2 Å². The van der Waals surface area contributed by atoms with Crippen LogP contribution in [0, 0.1) is 11.3 Å². The molecule has 5 N–H and O–H groups in total. The molecular formula is C28H29ClN10O3. The molecule has 1 aliphatic heterocycles. The predicted octanol–water partition coefficient (Wildman–Crippen LogP) is 3.77. The molecule has 3 heterocycles. The Morgan fingerprint density at radius 2 is 2.17 bits per heavy atom. The second-order valence-electron chi connectivity index (χ2n) is 9.58. The Morgan fingerprint density at radius 3 is 2.95 bits per heavy atom. The number of benzene rings is 2. The number of fused-ring (bicyclic) bond motifs is 4. The topological polar surface area (TPSA) is 179 Å². The summed E-state index contributed by atoms with van der Waals surface area (Å²) in [5.74, 6) is 0.157. The molecule has 2 unspecified atom stereocenters. The number of rotatable bonds is 7. The average Bonchev–Trinajstić information content (AvgIpc) is 3.67. The van der Waals surface area contributed by atoms with E-state index in [2.05, 4.69) is 47.5 Å². The minimum absolute atomic E-state index is 0.213. The molecule has 0 saturated heterocycles. The first kappa shape index (κ1) is 28.7. The van der Waals surface area contributed by atoms with Crippen LogP contribution in [0.3, 0.4) is 0 Å². The van der Waals surface area contributed by atoms with Gasteiger partial charge in [-0.15, -0.1) is 5.10 Å². The van der Waals surface area contributed by atoms with Crippen molar-refractivity contribution in [1.29, 1.82) is 5.26 Å². The van der Waals surface area contributed by atoms with Crippen molar-refractivity contribution in [2.75, 3.05) is 24.3 Å². The van der Waals surface area contributed by atoms with E-state index in [0.717, 1.165) is 30.5 Å². The molecule has 2 aromatic carbocycles. The van der Waals surface area contributed by atoms with E-state index >= 15 is 0 Å². The predicted molar refractivity (Wildman–Crippen MR) is 156 cm³/mol. The maximum absolute atomic E-state index is 13.1. The third-order valence-electron chi connectivity index (χ3n) is 6.76. The number of imidazole rings is 1. The summed E-state index contributed by atoms with van der Waals surface area (Å²) in [6.07, 6.45) is 6.66. The number of halogens is 1. The Labute approximate surface area is 246 Å². The SMILES string of the molecule is COC(O)Nc1ccc2c(c1)NCCCCCC(NC(=O)C=Cc1cc(Cl)ccc1-n1cnnn1)c1nc(C#N)c-2[nH]1. The summed E-state index contributed by atoms with van der Waals surface area (Å²) in [6.45, 7) is 0.704. The van der Waals surface area contributed by atoms with Crippen molar-refractivity contribution in [2.24, 2.45) is 0 Å². The summed E-state index contributed by atoms with van der Waals surface area (Å²) in [5, 5.41) is 40.9. The Bertz CT molecular complexity index is 1610. The van der Waals surface area contributed by atoms with Gasteiger partial charge in [0.2, 0.25) is 12.3 Å². The van der Waals surface area contributed by atoms with Crippen LogP contribution in [0.25, 0.3) is 23.0 Å². The zero-order valence-electron chi connectivity index (χ0n) is 22.7. The average molecular weight is 589 g/mol. The van der Waals surface area contributed by atoms with Crippen molar-refractivity contribution >= 4 is 35.0 Å². The van der Waals surface area contributed by atoms with Crippen molar-refractivity contribution in [3.8, 4) is 23.0 Å². The Kier molecular flexibility index (Phi) is 9.08. The highest BCUT2D eigenvalue weighted by Gasteiger charge is 2.23. The summed E-state index contributed by atoms with van der Waals surface area (Å²) < 4.78 is 6.38. The number of amides is 1. The van der Waals surface area contributed by atoms with Gasteiger partial charge in [-0.1, -0.05) is 24.4 Å². The number of anilines is 2. The standard InChI is InChI=1S/C28H29ClN10O3/c1-42-28(41)33-19-8-9-20-22(14-19)31-12-4-2-3-5-21(27-35-23(15-30)26(20)36-27)34-25(40)11-6-17-13-18(29)7-10-24(17)39-16-32-37-38-39/h6-11,13-14,16,21,28,31,33,41H,2-5,12H2,1H3,(H,34,40)(H,35,36). The lowest BCUT2D eigenvalue weighted by Gasteiger charge is -2.18. The third kappa shape index (κ3) is 6.74. The molecule has 1 aliphatic rings. The number of aliphatic hydroxyl groups is 1. The highest BCUT2D eigenvalue weighted by molar-refractivity contribution is 6.30. The number of H-pyrrole nitrogens is 1. The highest BCUT2D eigenvalue weighted by Crippen LogP contribution is 2.34. The summed E-state index contributed by atoms with van der Waals surface area (Å²) in [5.41, 5.74) is 4.21. The first-order valence-electron chi connectivity index (χ1n) is 13.3. The molecule has 42 heavy (non-hydrogen) atoms. The number of nitrogens with one attached hydrogen (secondary N) is 4. The van der Waals surface area contributed by atoms with Crippen molar-refractivity contribution < 1.29 is 14.6 Å². The summed E-state index contributed by atoms with van der Waals surface area (Å²) >= 11 is 6.20. The van der Waals surface area contributed by atoms with Gasteiger partial charge >= 0.3 is 0 Å². The monoisotopic (exact) mass is 588 g/mol. The van der Waals surface area contributed by atoms with Crippen LogP contribution in [0.2, 0.25) is 5.02 Å². The fourth-order valence-electron chi connectivity index (χ4n) is 4.71. The third-order valence-corrected chi connectivity index (χ3v) is 7.00. The van der Waals surface area contributed by atoms with Gasteiger partial charge in [-0.25, -0.2) is 4.98 Å². The van der Waals surface area contributed by atoms with Gasteiger partial charge in [-0.2, -0.15) is 9.94 Å². The van der Waals surface area contributed by atoms with Crippen LogP contribution in [-0.2, 0) is 9.53 Å². The van der Waals surface area contributed by atoms with Gasteiger partial charge in [0.1, 0.15) is 18.2 Å². The number of tetrazole rings is 1. The number of methoxy groups -OCH3 is 1. The van der Waals surface area contributed by atoms with E-state index in [-0.39, 0.29) is 11.6 Å². The Balaban J connectivity index is 1.42. The van der Waals surface area contributed by atoms with Crippen LogP contribution < -0.4 is 16.0 Å². The molecule has 0 radical (unpaired) electrons. The zero-order chi connectivity index (χ0) is 29.5. The number of carbonyl (C=O) groups is 1. The van der Waals surface area contributed by atoms with Crippen LogP contribution in [0.4, 0.5) is 11.4 Å². The van der Waals surface area contributed by atoms with Gasteiger partial charge < -0.3 is 30.8 Å². The molecule has 13 nitrogen and oxygen atoms in total. The van der Waals surface area contributed by atoms with Crippen molar-refractivity contribution in [3.05, 3.63) is 70.9 Å². The van der Waals surface area contributed by atoms with E-state index in [0.29, 0.717) is 46.4 Å². The maximum atomic E-state index is 13.1. The van der Waals surface area contributed by atoms with E-state index in [1.165, 1.54) is 24.2 Å². The number of carbonyl (C=O) groups excluding carboxylic acids is 1. The number of nitrogens with zero attached hydrogens (tertiary/aromatic N) is 6. The molecule has 0 saturated carbocycles. The first-order valence-corrected chi connectivity index (χ1v) is 13.7. The normalized spacial score (nSPS) is 15.9. The van der Waals surface area contributed by atoms with Crippen LogP contribution in [0.5, 0.6) is 0 Å². The van der Waals surface area contributed by atoms with Crippen molar-refractivity contribution in [3.63, 3.8) is 0 Å². The summed E-state index contributed by atoms with van der Waals surface area (Å²) in [6, 6.07) is 12.4. The fourth-order valence-corrected chi connectivity index (χ4v) is 4.89. The molecule has 0 aliphatic carbocycles. The summed E-state index contributed by atoms with van der Waals surface area (Å²) in [7, 11) is 1.39. The molecule has 4 aromatic rings. The molecule has 2 aromatic heterocycles. The van der Waals surface area contributed by atoms with E-state index in [1.54, 1.807) is 30.3 Å². The van der Waals surface area contributed by atoms with Crippen LogP contribution in [0.15, 0.2) is 48.8 Å². The molecule has 0 fully saturated rings. The second-order valence-corrected chi connectivity index (χ2v) is 10.0. The maximum Gasteiger partial charge on any atom is 0.244 e. The smallest absolute Gasteiger partial charge is 0.244 e. The van der Waals surface area contributed by atoms with Crippen LogP contribution >= 0.6 is 11.6 Å². The lowest BCUT2D eigenvalue weighted by molar-refractivity contribution is -0.117. The van der Waals surface area contributed by atoms with Gasteiger partial charge in [0.15, 0.2) is 5.69 Å². The number of aromatic nitrogens is 6. The molecular weight excluding hydrogens is 560 g/mol. The van der Waals surface area contributed by atoms with Gasteiger partial charge in [0.05, 0.1) is 17.4 Å². The minimum atomic E-state index is -1.16. The van der Waals surface area contributed by atoms with Gasteiger partial charge in [0, 0.05) is 47.3 Å². The number of aromatic amines is 1. The largest absolute Gasteiger partial charge is 0.384 e. The second kappa shape index (κ2) is 13.3. The minimum Gasteiger partial charge on any atom is -0.384 e. The zero-order valence-corrected chi connectivity index (χ0v) is 23.5. The van der Waals surface area contributed by atoms with Gasteiger partial charge in [-0.05, 0) is 65.7 Å². The van der Waals surface area contributed by atoms with Crippen LogP contribution in [0.1, 0.15) is 48.8 Å². The first-order chi connectivity index (χ1) is 20.4. The van der Waals surface area contributed by atoms with E-state index in [1.807, 2.05) is 12.1 Å². The lowest BCUT2D eigenvalue weighted by Crippen LogP contribution is -2.28. The Morgan fingerprint density at radius 1 is 1.29 bits per heavy atom. The molecule has 0 spiro atoms. The van der Waals surface area contributed by atoms with Gasteiger partial charge in [0.25, 0.3) is 0 Å². The number of hydrogen-bond donors (Lipinski definition) is 5. The molecule has 5 rings (SSSR count). The number of hydrogen-bond acceptors (Lipinski definition) is 10. The van der Waals surface area contributed by atoms with Crippen molar-refractivity contribution in [2.45, 2.75) is 38.1 Å². The van der Waals surface area contributed by atoms with Crippen LogP contribution in [-0.4, -0.2) is 61.3 Å². The molecule has 2 bridgehead atoms. The quantitative estimate of drug-likeness (QED) is 0.158. The van der Waals surface area contributed by atoms with E-state index < -0.39 is 12.5 Å². The number of nitriles is 1. The number of ether oxygens (including phenoxy) is 1. The van der Waals surface area contributed by atoms with Gasteiger partial charge in [-0.3, -0.25) is 4.79 Å². The fraction of sp³-hybridized carbons (Fsp3) is 0.286. The summed E-state index contributed by atoms with van der Waals surface area (Å²) in [4.78, 5) is 21.0. The molecule has 1 amide bonds. The lowest BCUT2D eigenvalue weighted by atomic mass is 10.0. The Hall–Kier alpha value is -4.77. The molecule has 14 heteroatoms. The molecule has 2 atom stereocenters.